The summed E-state index contributed by atoms with van der Waals surface area (Å²) in [5.74, 6) is -2.98. The maximum absolute atomic E-state index is 14.0. The quantitative estimate of drug-likeness (QED) is 0.568. The molecule has 1 unspecified atom stereocenters. The lowest BCUT2D eigenvalue weighted by atomic mass is 10.2. The summed E-state index contributed by atoms with van der Waals surface area (Å²) in [4.78, 5) is 16.4. The first kappa shape index (κ1) is 20.7. The Bertz CT molecular complexity index is 1080. The summed E-state index contributed by atoms with van der Waals surface area (Å²) in [7, 11) is 5.46. The van der Waals surface area contributed by atoms with Crippen LogP contribution in [0.4, 0.5) is 14.6 Å². The van der Waals surface area contributed by atoms with Gasteiger partial charge in [-0.15, -0.1) is 5.10 Å². The van der Waals surface area contributed by atoms with Crippen LogP contribution in [-0.2, 0) is 5.92 Å². The number of aromatic nitrogens is 5. The van der Waals surface area contributed by atoms with Crippen molar-refractivity contribution < 1.29 is 13.5 Å². The zero-order valence-electron chi connectivity index (χ0n) is 17.1. The molecule has 0 amide bonds. The van der Waals surface area contributed by atoms with Gasteiger partial charge in [0.1, 0.15) is 5.15 Å². The number of pyridine rings is 1. The minimum atomic E-state index is -3.23. The monoisotopic (exact) mass is 437 g/mol. The summed E-state index contributed by atoms with van der Waals surface area (Å²) in [6.45, 7) is 2.36. The third-order valence-corrected chi connectivity index (χ3v) is 5.42. The molecule has 4 heterocycles. The molecule has 1 aliphatic rings. The lowest BCUT2D eigenvalue weighted by Crippen LogP contribution is -2.31. The van der Waals surface area contributed by atoms with Gasteiger partial charge < -0.3 is 14.5 Å². The highest BCUT2D eigenvalue weighted by molar-refractivity contribution is 6.30. The Morgan fingerprint density at radius 2 is 2.03 bits per heavy atom. The number of nitrogens with zero attached hydrogens (tertiary/aromatic N) is 7. The second-order valence-corrected chi connectivity index (χ2v) is 7.98. The third-order valence-electron chi connectivity index (χ3n) is 5.21. The Morgan fingerprint density at radius 1 is 1.27 bits per heavy atom. The minimum Gasteiger partial charge on any atom is -0.481 e. The van der Waals surface area contributed by atoms with Gasteiger partial charge in [0.05, 0.1) is 18.0 Å². The van der Waals surface area contributed by atoms with Crippen molar-refractivity contribution in [2.75, 3.05) is 39.2 Å². The number of hydrogen-bond acceptors (Lipinski definition) is 7. The van der Waals surface area contributed by atoms with Crippen molar-refractivity contribution in [1.82, 2.24) is 29.6 Å². The van der Waals surface area contributed by atoms with Gasteiger partial charge in [-0.1, -0.05) is 11.6 Å². The van der Waals surface area contributed by atoms with Crippen molar-refractivity contribution in [3.05, 3.63) is 29.3 Å². The van der Waals surface area contributed by atoms with Crippen LogP contribution in [0.25, 0.3) is 16.7 Å². The van der Waals surface area contributed by atoms with E-state index >= 15 is 0 Å². The van der Waals surface area contributed by atoms with Crippen molar-refractivity contribution in [2.45, 2.75) is 25.3 Å². The highest BCUT2D eigenvalue weighted by Crippen LogP contribution is 2.33. The lowest BCUT2D eigenvalue weighted by molar-refractivity contribution is 0.00706. The largest absolute Gasteiger partial charge is 0.481 e. The molecule has 160 valence electrons. The second kappa shape index (κ2) is 7.59. The molecule has 0 spiro atoms. The zero-order valence-corrected chi connectivity index (χ0v) is 17.9. The maximum Gasteiger partial charge on any atom is 0.304 e. The molecule has 1 saturated heterocycles. The lowest BCUT2D eigenvalue weighted by Gasteiger charge is -2.20. The molecule has 1 atom stereocenters. The molecule has 4 rings (SSSR count). The molecule has 0 aliphatic carbocycles. The van der Waals surface area contributed by atoms with E-state index in [1.807, 2.05) is 14.1 Å². The summed E-state index contributed by atoms with van der Waals surface area (Å²) in [5.41, 5.74) is 0.615. The Morgan fingerprint density at radius 3 is 2.67 bits per heavy atom. The van der Waals surface area contributed by atoms with Crippen LogP contribution >= 0.6 is 11.6 Å². The van der Waals surface area contributed by atoms with Gasteiger partial charge in [-0.2, -0.15) is 13.8 Å². The maximum atomic E-state index is 14.0. The van der Waals surface area contributed by atoms with Crippen LogP contribution in [0.5, 0.6) is 5.88 Å². The molecule has 8 nitrogen and oxygen atoms in total. The van der Waals surface area contributed by atoms with Gasteiger partial charge in [-0.05, 0) is 20.5 Å². The average Bonchev–Trinajstić information content (AvgIpc) is 3.31. The number of halogens is 3. The van der Waals surface area contributed by atoms with Gasteiger partial charge in [0, 0.05) is 44.4 Å². The number of anilines is 1. The number of likely N-dealkylation sites (N-methyl/N-ethyl adjacent to an activating group) is 1. The van der Waals surface area contributed by atoms with Crippen LogP contribution in [0, 0.1) is 0 Å². The van der Waals surface area contributed by atoms with Crippen LogP contribution in [-0.4, -0.2) is 70.0 Å². The van der Waals surface area contributed by atoms with Crippen LogP contribution in [0.1, 0.15) is 19.2 Å². The Hall–Kier alpha value is -2.59. The zero-order chi connectivity index (χ0) is 21.6. The fourth-order valence-electron chi connectivity index (χ4n) is 3.56. The molecule has 11 heteroatoms. The molecule has 0 aromatic carbocycles. The van der Waals surface area contributed by atoms with Crippen molar-refractivity contribution in [3.63, 3.8) is 0 Å². The number of rotatable bonds is 5. The van der Waals surface area contributed by atoms with Gasteiger partial charge in [0.15, 0.2) is 11.6 Å². The fourth-order valence-corrected chi connectivity index (χ4v) is 3.71. The van der Waals surface area contributed by atoms with Crippen LogP contribution in [0.2, 0.25) is 5.15 Å². The second-order valence-electron chi connectivity index (χ2n) is 7.59. The number of fused-ring (bicyclic) bond motifs is 1. The summed E-state index contributed by atoms with van der Waals surface area (Å²) < 4.78 is 34.5. The van der Waals surface area contributed by atoms with Gasteiger partial charge in [0.25, 0.3) is 0 Å². The van der Waals surface area contributed by atoms with Crippen molar-refractivity contribution in [2.24, 2.45) is 0 Å². The van der Waals surface area contributed by atoms with Crippen LogP contribution < -0.4 is 9.64 Å². The first-order chi connectivity index (χ1) is 14.2. The van der Waals surface area contributed by atoms with Crippen molar-refractivity contribution in [1.29, 1.82) is 0 Å². The highest BCUT2D eigenvalue weighted by Gasteiger charge is 2.31. The standard InChI is InChI=1S/C19H22ClF2N7O/c1-19(21,22)18-24-15(8-16(25-18)30-4)29-13-7-14(20)23-9-12(13)17(26-29)28-6-5-11(10-28)27(2)3/h7-9,11H,5-6,10H2,1-4H3. The molecule has 0 N–H and O–H groups in total. The van der Waals surface area contributed by atoms with Gasteiger partial charge in [0.2, 0.25) is 11.7 Å². The average molecular weight is 438 g/mol. The number of alkyl halides is 2. The highest BCUT2D eigenvalue weighted by atomic mass is 35.5. The fraction of sp³-hybridized carbons (Fsp3) is 0.474. The first-order valence-electron chi connectivity index (χ1n) is 9.44. The molecule has 30 heavy (non-hydrogen) atoms. The number of ether oxygens (including phenoxy) is 1. The normalized spacial score (nSPS) is 17.3. The van der Waals surface area contributed by atoms with Crippen molar-refractivity contribution >= 4 is 28.3 Å². The third kappa shape index (κ3) is 3.77. The summed E-state index contributed by atoms with van der Waals surface area (Å²) in [6, 6.07) is 3.51. The topological polar surface area (TPSA) is 72.2 Å². The van der Waals surface area contributed by atoms with E-state index in [2.05, 4.69) is 24.8 Å². The van der Waals surface area contributed by atoms with Crippen molar-refractivity contribution in [3.8, 4) is 11.7 Å². The SMILES string of the molecule is COc1cc(-n2nc(N3CCC(N(C)C)C3)c3cnc(Cl)cc32)nc(C(C)(F)F)n1. The molecule has 3 aromatic rings. The van der Waals surface area contributed by atoms with Gasteiger partial charge in [-0.25, -0.2) is 14.6 Å². The predicted octanol–water partition coefficient (Wildman–Crippen LogP) is 3.12. The van der Waals surface area contributed by atoms with E-state index in [0.29, 0.717) is 17.4 Å². The van der Waals surface area contributed by atoms with Crippen LogP contribution in [0.15, 0.2) is 18.3 Å². The summed E-state index contributed by atoms with van der Waals surface area (Å²) in [6.07, 6.45) is 2.64. The van der Waals surface area contributed by atoms with E-state index < -0.39 is 11.7 Å². The Kier molecular flexibility index (Phi) is 5.23. The minimum absolute atomic E-state index is 0.0238. The first-order valence-corrected chi connectivity index (χ1v) is 9.82. The van der Waals surface area contributed by atoms with E-state index in [-0.39, 0.29) is 16.9 Å². The van der Waals surface area contributed by atoms with Crippen LogP contribution in [0.3, 0.4) is 0 Å². The van der Waals surface area contributed by atoms with E-state index in [9.17, 15) is 8.78 Å². The molecule has 3 aromatic heterocycles. The van der Waals surface area contributed by atoms with Gasteiger partial charge in [-0.3, -0.25) is 0 Å². The molecular formula is C19H22ClF2N7O. The van der Waals surface area contributed by atoms with Gasteiger partial charge >= 0.3 is 5.92 Å². The summed E-state index contributed by atoms with van der Waals surface area (Å²) in [5, 5.41) is 5.74. The number of hydrogen-bond donors (Lipinski definition) is 0. The Balaban J connectivity index is 1.87. The van der Waals surface area contributed by atoms with E-state index in [0.717, 1.165) is 31.8 Å². The smallest absolute Gasteiger partial charge is 0.304 e. The van der Waals surface area contributed by atoms with E-state index in [4.69, 9.17) is 21.4 Å². The van der Waals surface area contributed by atoms with E-state index in [1.54, 1.807) is 12.3 Å². The molecule has 0 saturated carbocycles. The Labute approximate surface area is 177 Å². The van der Waals surface area contributed by atoms with E-state index in [1.165, 1.54) is 17.9 Å². The molecular weight excluding hydrogens is 416 g/mol. The molecule has 0 radical (unpaired) electrons. The molecule has 1 fully saturated rings. The summed E-state index contributed by atoms with van der Waals surface area (Å²) >= 11 is 6.12. The number of methoxy groups -OCH3 is 1. The molecule has 1 aliphatic heterocycles. The predicted molar refractivity (Wildman–Crippen MR) is 110 cm³/mol. The molecule has 0 bridgehead atoms.